The van der Waals surface area contributed by atoms with Gasteiger partial charge in [-0.05, 0) is 48.2 Å². The third-order valence-corrected chi connectivity index (χ3v) is 6.25. The maximum Gasteiger partial charge on any atom is 0.340 e. The second-order valence-electron chi connectivity index (χ2n) is 9.31. The van der Waals surface area contributed by atoms with Gasteiger partial charge in [-0.1, -0.05) is 26.0 Å². The van der Waals surface area contributed by atoms with Crippen LogP contribution in [-0.2, 0) is 19.1 Å². The van der Waals surface area contributed by atoms with Gasteiger partial charge in [0.25, 0.3) is 0 Å². The average Bonchev–Trinajstić information content (AvgIpc) is 2.77. The highest BCUT2D eigenvalue weighted by Crippen LogP contribution is 2.51. The molecule has 0 aromatic heterocycles. The van der Waals surface area contributed by atoms with Crippen LogP contribution in [0.2, 0.25) is 0 Å². The lowest BCUT2D eigenvalue weighted by Crippen LogP contribution is -2.35. The van der Waals surface area contributed by atoms with Gasteiger partial charge in [0, 0.05) is 24.0 Å². The van der Waals surface area contributed by atoms with Gasteiger partial charge in [0.05, 0.1) is 26.2 Å². The Kier molecular flexibility index (Phi) is 6.30. The van der Waals surface area contributed by atoms with Crippen molar-refractivity contribution in [2.75, 3.05) is 20.3 Å². The highest BCUT2D eigenvalue weighted by molar-refractivity contribution is 6.05. The van der Waals surface area contributed by atoms with Crippen LogP contribution in [0.15, 0.2) is 53.1 Å². The zero-order valence-corrected chi connectivity index (χ0v) is 20.3. The highest BCUT2D eigenvalue weighted by atomic mass is 16.5. The number of carbonyl (C=O) groups excluding carboxylic acids is 2. The van der Waals surface area contributed by atoms with E-state index in [0.29, 0.717) is 54.5 Å². The Balaban J connectivity index is 2.07. The summed E-state index contributed by atoms with van der Waals surface area (Å²) in [4.78, 5) is 26.6. The minimum atomic E-state index is -0.790. The molecule has 0 saturated heterocycles. The van der Waals surface area contributed by atoms with Crippen LogP contribution in [0.1, 0.15) is 52.0 Å². The van der Waals surface area contributed by atoms with Crippen molar-refractivity contribution in [3.05, 3.63) is 58.7 Å². The molecular formula is C27H31NO6. The fourth-order valence-electron chi connectivity index (χ4n) is 4.92. The van der Waals surface area contributed by atoms with Crippen molar-refractivity contribution in [2.24, 2.45) is 11.1 Å². The Labute approximate surface area is 199 Å². The SMILES string of the molecule is CCOc1ccc2ccc(OCC)c(C3C(C(=O)OC)=C(N)OC4=C3C(=O)CC(C)(C)C4)c2c1. The Bertz CT molecular complexity index is 1220. The lowest BCUT2D eigenvalue weighted by molar-refractivity contribution is -0.136. The van der Waals surface area contributed by atoms with E-state index in [9.17, 15) is 9.59 Å². The van der Waals surface area contributed by atoms with E-state index in [0.717, 1.165) is 10.8 Å². The number of ether oxygens (including phenoxy) is 4. The van der Waals surface area contributed by atoms with Crippen LogP contribution in [0.4, 0.5) is 0 Å². The van der Waals surface area contributed by atoms with Crippen LogP contribution in [0.5, 0.6) is 11.5 Å². The molecule has 7 heteroatoms. The van der Waals surface area contributed by atoms with Crippen LogP contribution < -0.4 is 15.2 Å². The third-order valence-electron chi connectivity index (χ3n) is 6.25. The summed E-state index contributed by atoms with van der Waals surface area (Å²) in [6, 6.07) is 9.56. The molecule has 2 N–H and O–H groups in total. The van der Waals surface area contributed by atoms with Crippen LogP contribution in [0, 0.1) is 5.41 Å². The number of nitrogens with two attached hydrogens (primary N) is 1. The fraction of sp³-hybridized carbons (Fsp3) is 0.407. The predicted octanol–water partition coefficient (Wildman–Crippen LogP) is 4.74. The maximum atomic E-state index is 13.5. The Hall–Kier alpha value is -3.48. The first-order valence-corrected chi connectivity index (χ1v) is 11.5. The van der Waals surface area contributed by atoms with Gasteiger partial charge < -0.3 is 24.7 Å². The normalized spacial score (nSPS) is 19.6. The van der Waals surface area contributed by atoms with E-state index in [1.54, 1.807) is 0 Å². The smallest absolute Gasteiger partial charge is 0.340 e. The molecule has 0 fully saturated rings. The largest absolute Gasteiger partial charge is 0.494 e. The Morgan fingerprint density at radius 2 is 1.82 bits per heavy atom. The molecule has 2 aromatic rings. The number of Topliss-reactive ketones (excluding diaryl/α,β-unsaturated/α-hetero) is 1. The van der Waals surface area contributed by atoms with Crippen LogP contribution >= 0.6 is 0 Å². The lowest BCUT2D eigenvalue weighted by Gasteiger charge is -2.38. The van der Waals surface area contributed by atoms with Crippen LogP contribution in [-0.4, -0.2) is 32.1 Å². The summed E-state index contributed by atoms with van der Waals surface area (Å²) in [6.07, 6.45) is 0.859. The molecule has 1 unspecified atom stereocenters. The van der Waals surface area contributed by atoms with Gasteiger partial charge in [-0.25, -0.2) is 4.79 Å². The van der Waals surface area contributed by atoms with Crippen molar-refractivity contribution in [1.29, 1.82) is 0 Å². The van der Waals surface area contributed by atoms with E-state index in [2.05, 4.69) is 0 Å². The molecule has 7 nitrogen and oxygen atoms in total. The van der Waals surface area contributed by atoms with Crippen molar-refractivity contribution >= 4 is 22.5 Å². The van der Waals surface area contributed by atoms with E-state index in [1.165, 1.54) is 7.11 Å². The lowest BCUT2D eigenvalue weighted by atomic mass is 9.69. The summed E-state index contributed by atoms with van der Waals surface area (Å²) in [6.45, 7) is 8.75. The second-order valence-corrected chi connectivity index (χ2v) is 9.31. The number of rotatable bonds is 6. The predicted molar refractivity (Wildman–Crippen MR) is 128 cm³/mol. The summed E-state index contributed by atoms with van der Waals surface area (Å²) < 4.78 is 22.8. The van der Waals surface area contributed by atoms with E-state index >= 15 is 0 Å². The molecule has 1 heterocycles. The van der Waals surface area contributed by atoms with Gasteiger partial charge in [0.2, 0.25) is 5.88 Å². The van der Waals surface area contributed by atoms with Gasteiger partial charge >= 0.3 is 5.97 Å². The molecule has 0 amide bonds. The standard InChI is InChI=1S/C27H31NO6/c1-6-32-16-10-8-15-9-11-19(33-7-2)21(17(15)12-16)23-22-18(29)13-27(3,4)14-20(22)34-25(28)24(23)26(30)31-5/h8-12,23H,6-7,13-14,28H2,1-5H3. The van der Waals surface area contributed by atoms with Crippen molar-refractivity contribution in [3.63, 3.8) is 0 Å². The molecular weight excluding hydrogens is 434 g/mol. The molecule has 0 spiro atoms. The molecule has 4 rings (SSSR count). The van der Waals surface area contributed by atoms with E-state index in [-0.39, 0.29) is 22.7 Å². The quantitative estimate of drug-likeness (QED) is 0.616. The number of allylic oxidation sites excluding steroid dienone is 2. The second kappa shape index (κ2) is 9.05. The molecule has 1 atom stereocenters. The Morgan fingerprint density at radius 3 is 2.50 bits per heavy atom. The Morgan fingerprint density at radius 1 is 1.12 bits per heavy atom. The summed E-state index contributed by atoms with van der Waals surface area (Å²) in [5, 5.41) is 1.73. The van der Waals surface area contributed by atoms with Gasteiger partial charge in [0.1, 0.15) is 22.8 Å². The topological polar surface area (TPSA) is 97.1 Å². The van der Waals surface area contributed by atoms with Gasteiger partial charge in [-0.15, -0.1) is 0 Å². The third kappa shape index (κ3) is 4.11. The monoisotopic (exact) mass is 465 g/mol. The molecule has 180 valence electrons. The van der Waals surface area contributed by atoms with Crippen molar-refractivity contribution in [1.82, 2.24) is 0 Å². The first kappa shape index (κ1) is 23.7. The maximum absolute atomic E-state index is 13.5. The van der Waals surface area contributed by atoms with Crippen LogP contribution in [0.25, 0.3) is 10.8 Å². The number of fused-ring (bicyclic) bond motifs is 1. The van der Waals surface area contributed by atoms with Crippen LogP contribution in [0.3, 0.4) is 0 Å². The number of carbonyl (C=O) groups is 2. The van der Waals surface area contributed by atoms with E-state index in [4.69, 9.17) is 24.7 Å². The summed E-state index contributed by atoms with van der Waals surface area (Å²) >= 11 is 0. The molecule has 0 radical (unpaired) electrons. The minimum Gasteiger partial charge on any atom is -0.494 e. The minimum absolute atomic E-state index is 0.0542. The molecule has 0 bridgehead atoms. The number of ketones is 1. The van der Waals surface area contributed by atoms with Crippen molar-refractivity contribution < 1.29 is 28.5 Å². The zero-order valence-electron chi connectivity index (χ0n) is 20.3. The molecule has 2 aromatic carbocycles. The summed E-state index contributed by atoms with van der Waals surface area (Å²) in [5.41, 5.74) is 7.24. The molecule has 34 heavy (non-hydrogen) atoms. The van der Waals surface area contributed by atoms with Crippen molar-refractivity contribution in [2.45, 2.75) is 46.5 Å². The van der Waals surface area contributed by atoms with E-state index < -0.39 is 11.9 Å². The fourth-order valence-corrected chi connectivity index (χ4v) is 4.92. The van der Waals surface area contributed by atoms with E-state index in [1.807, 2.05) is 58.0 Å². The zero-order chi connectivity index (χ0) is 24.6. The first-order chi connectivity index (χ1) is 16.2. The number of hydrogen-bond donors (Lipinski definition) is 1. The molecule has 1 aliphatic heterocycles. The van der Waals surface area contributed by atoms with Gasteiger partial charge in [0.15, 0.2) is 5.78 Å². The summed E-state index contributed by atoms with van der Waals surface area (Å²) in [7, 11) is 1.29. The molecule has 2 aliphatic rings. The number of esters is 1. The number of methoxy groups -OCH3 is 1. The highest BCUT2D eigenvalue weighted by Gasteiger charge is 2.46. The molecule has 1 aliphatic carbocycles. The first-order valence-electron chi connectivity index (χ1n) is 11.5. The molecule has 0 saturated carbocycles. The number of benzene rings is 2. The van der Waals surface area contributed by atoms with Gasteiger partial charge in [-0.2, -0.15) is 0 Å². The number of hydrogen-bond acceptors (Lipinski definition) is 7. The van der Waals surface area contributed by atoms with Crippen molar-refractivity contribution in [3.8, 4) is 11.5 Å². The van der Waals surface area contributed by atoms with Gasteiger partial charge in [-0.3, -0.25) is 4.79 Å². The summed E-state index contributed by atoms with van der Waals surface area (Å²) in [5.74, 6) is 0.172. The average molecular weight is 466 g/mol.